The van der Waals surface area contributed by atoms with Crippen molar-refractivity contribution < 1.29 is 8.42 Å². The second-order valence-corrected chi connectivity index (χ2v) is 7.95. The summed E-state index contributed by atoms with van der Waals surface area (Å²) in [5.74, 6) is 0.214. The third-order valence-electron chi connectivity index (χ3n) is 3.24. The van der Waals surface area contributed by atoms with E-state index < -0.39 is 10.0 Å². The van der Waals surface area contributed by atoms with Crippen molar-refractivity contribution in [2.45, 2.75) is 24.1 Å². The van der Waals surface area contributed by atoms with Gasteiger partial charge in [-0.15, -0.1) is 22.9 Å². The summed E-state index contributed by atoms with van der Waals surface area (Å²) in [6.45, 7) is 2.22. The van der Waals surface area contributed by atoms with Crippen molar-refractivity contribution in [2.24, 2.45) is 0 Å². The fourth-order valence-electron chi connectivity index (χ4n) is 2.04. The molecule has 0 radical (unpaired) electrons. The zero-order chi connectivity index (χ0) is 15.5. The summed E-state index contributed by atoms with van der Waals surface area (Å²) in [6.07, 6.45) is 4.06. The summed E-state index contributed by atoms with van der Waals surface area (Å²) in [7, 11) is -1.89. The monoisotopic (exact) mass is 344 g/mol. The third kappa shape index (κ3) is 3.63. The van der Waals surface area contributed by atoms with Gasteiger partial charge in [-0.3, -0.25) is 4.98 Å². The van der Waals surface area contributed by atoms with E-state index in [4.69, 9.17) is 11.6 Å². The molecular weight excluding hydrogens is 328 g/mol. The van der Waals surface area contributed by atoms with E-state index in [1.54, 1.807) is 26.4 Å². The molecule has 21 heavy (non-hydrogen) atoms. The van der Waals surface area contributed by atoms with Gasteiger partial charge in [0, 0.05) is 30.9 Å². The van der Waals surface area contributed by atoms with Crippen LogP contribution in [-0.4, -0.2) is 31.3 Å². The largest absolute Gasteiger partial charge is 0.265 e. The van der Waals surface area contributed by atoms with E-state index in [9.17, 15) is 8.42 Å². The number of hydrogen-bond donors (Lipinski definition) is 0. The first kappa shape index (κ1) is 16.4. The molecular formula is C14H17ClN2O2S2. The van der Waals surface area contributed by atoms with Crippen LogP contribution in [0.1, 0.15) is 16.0 Å². The number of aryl methyl sites for hydroxylation is 1. The molecule has 2 aromatic rings. The van der Waals surface area contributed by atoms with Crippen LogP contribution in [0.2, 0.25) is 0 Å². The molecule has 0 saturated heterocycles. The van der Waals surface area contributed by atoms with Gasteiger partial charge in [0.2, 0.25) is 10.0 Å². The van der Waals surface area contributed by atoms with Gasteiger partial charge in [0.15, 0.2) is 0 Å². The molecule has 0 amide bonds. The van der Waals surface area contributed by atoms with Crippen LogP contribution in [0.4, 0.5) is 0 Å². The normalized spacial score (nSPS) is 12.0. The highest BCUT2D eigenvalue weighted by molar-refractivity contribution is 7.89. The predicted molar refractivity (Wildman–Crippen MR) is 86.4 cm³/mol. The number of alkyl halides is 1. The van der Waals surface area contributed by atoms with E-state index in [1.807, 2.05) is 17.5 Å². The van der Waals surface area contributed by atoms with Crippen LogP contribution >= 0.6 is 22.9 Å². The zero-order valence-corrected chi connectivity index (χ0v) is 14.3. The molecule has 0 atom stereocenters. The lowest BCUT2D eigenvalue weighted by Gasteiger charge is -2.18. The number of sulfonamides is 1. The lowest BCUT2D eigenvalue weighted by atomic mass is 10.2. The number of pyridine rings is 1. The maximum atomic E-state index is 12.7. The van der Waals surface area contributed by atoms with Crippen LogP contribution < -0.4 is 0 Å². The van der Waals surface area contributed by atoms with Crippen LogP contribution in [-0.2, 0) is 22.3 Å². The van der Waals surface area contributed by atoms with Gasteiger partial charge in [0.25, 0.3) is 0 Å². The highest BCUT2D eigenvalue weighted by atomic mass is 35.5. The summed E-state index contributed by atoms with van der Waals surface area (Å²) >= 11 is 7.24. The topological polar surface area (TPSA) is 50.3 Å². The summed E-state index contributed by atoms with van der Waals surface area (Å²) in [5, 5.41) is 1.83. The molecule has 2 rings (SSSR count). The van der Waals surface area contributed by atoms with Gasteiger partial charge in [-0.05, 0) is 42.0 Å². The zero-order valence-electron chi connectivity index (χ0n) is 11.9. The Bertz CT molecular complexity index is 699. The molecule has 0 unspecified atom stereocenters. The summed E-state index contributed by atoms with van der Waals surface area (Å²) in [5.41, 5.74) is 1.82. The van der Waals surface area contributed by atoms with E-state index in [1.165, 1.54) is 15.6 Å². The quantitative estimate of drug-likeness (QED) is 0.757. The standard InChI is InChI=1S/C14H17ClN2O2S2/c1-11-10-20-13(9-15)14(11)21(18,19)17(2)8-5-12-3-6-16-7-4-12/h3-4,6-7,10H,5,8-9H2,1-2H3. The van der Waals surface area contributed by atoms with Gasteiger partial charge in [0.1, 0.15) is 4.90 Å². The smallest absolute Gasteiger partial charge is 0.244 e. The molecule has 0 aliphatic heterocycles. The molecule has 2 aromatic heterocycles. The number of likely N-dealkylation sites (N-methyl/N-ethyl adjacent to an activating group) is 1. The van der Waals surface area contributed by atoms with Crippen LogP contribution in [0.3, 0.4) is 0 Å². The van der Waals surface area contributed by atoms with E-state index in [0.717, 1.165) is 11.1 Å². The molecule has 0 fully saturated rings. The lowest BCUT2D eigenvalue weighted by Crippen LogP contribution is -2.29. The maximum absolute atomic E-state index is 12.7. The average molecular weight is 345 g/mol. The van der Waals surface area contributed by atoms with Gasteiger partial charge in [-0.25, -0.2) is 12.7 Å². The number of thiophene rings is 1. The molecule has 2 heterocycles. The maximum Gasteiger partial charge on any atom is 0.244 e. The molecule has 0 aliphatic carbocycles. The Morgan fingerprint density at radius 1 is 1.33 bits per heavy atom. The highest BCUT2D eigenvalue weighted by Crippen LogP contribution is 2.30. The minimum Gasteiger partial charge on any atom is -0.265 e. The molecule has 4 nitrogen and oxygen atoms in total. The Labute approximate surface area is 134 Å². The Hall–Kier alpha value is -0.950. The molecule has 0 aliphatic rings. The van der Waals surface area contributed by atoms with E-state index in [0.29, 0.717) is 22.7 Å². The minimum absolute atomic E-state index is 0.214. The fourth-order valence-corrected chi connectivity index (χ4v) is 5.21. The highest BCUT2D eigenvalue weighted by Gasteiger charge is 2.26. The number of aromatic nitrogens is 1. The SMILES string of the molecule is Cc1csc(CCl)c1S(=O)(=O)N(C)CCc1ccncc1. The Morgan fingerprint density at radius 3 is 2.62 bits per heavy atom. The van der Waals surface area contributed by atoms with Gasteiger partial charge >= 0.3 is 0 Å². The molecule has 0 bridgehead atoms. The summed E-state index contributed by atoms with van der Waals surface area (Å²) < 4.78 is 26.7. The molecule has 114 valence electrons. The van der Waals surface area contributed by atoms with Crippen molar-refractivity contribution in [3.8, 4) is 0 Å². The van der Waals surface area contributed by atoms with Crippen molar-refractivity contribution in [1.29, 1.82) is 0 Å². The third-order valence-corrected chi connectivity index (χ3v) is 6.99. The van der Waals surface area contributed by atoms with Gasteiger partial charge < -0.3 is 0 Å². The molecule has 0 N–H and O–H groups in total. The van der Waals surface area contributed by atoms with Crippen molar-refractivity contribution >= 4 is 33.0 Å². The van der Waals surface area contributed by atoms with Gasteiger partial charge in [0.05, 0.1) is 5.88 Å². The van der Waals surface area contributed by atoms with Crippen molar-refractivity contribution in [3.05, 3.63) is 45.9 Å². The molecule has 0 saturated carbocycles. The minimum atomic E-state index is -3.50. The number of hydrogen-bond acceptors (Lipinski definition) is 4. The Balaban J connectivity index is 2.17. The van der Waals surface area contributed by atoms with Crippen LogP contribution in [0.25, 0.3) is 0 Å². The van der Waals surface area contributed by atoms with Crippen molar-refractivity contribution in [1.82, 2.24) is 9.29 Å². The Morgan fingerprint density at radius 2 is 2.00 bits per heavy atom. The number of nitrogens with zero attached hydrogens (tertiary/aromatic N) is 2. The first-order valence-electron chi connectivity index (χ1n) is 6.45. The van der Waals surface area contributed by atoms with E-state index in [2.05, 4.69) is 4.98 Å². The van der Waals surface area contributed by atoms with Crippen molar-refractivity contribution in [2.75, 3.05) is 13.6 Å². The van der Waals surface area contributed by atoms with Gasteiger partial charge in [-0.2, -0.15) is 0 Å². The Kier molecular flexibility index (Phi) is 5.37. The number of rotatable bonds is 6. The molecule has 0 aromatic carbocycles. The van der Waals surface area contributed by atoms with Crippen molar-refractivity contribution in [3.63, 3.8) is 0 Å². The number of halogens is 1. The van der Waals surface area contributed by atoms with E-state index in [-0.39, 0.29) is 5.88 Å². The molecule has 7 heteroatoms. The second kappa shape index (κ2) is 6.87. The second-order valence-electron chi connectivity index (χ2n) is 4.74. The summed E-state index contributed by atoms with van der Waals surface area (Å²) in [6, 6.07) is 3.78. The lowest BCUT2D eigenvalue weighted by molar-refractivity contribution is 0.472. The van der Waals surface area contributed by atoms with Crippen LogP contribution in [0, 0.1) is 6.92 Å². The average Bonchev–Trinajstić information content (AvgIpc) is 2.87. The van der Waals surface area contributed by atoms with E-state index >= 15 is 0 Å². The predicted octanol–water partition coefficient (Wildman–Crippen LogP) is 3.05. The van der Waals surface area contributed by atoms with Crippen LogP contribution in [0.5, 0.6) is 0 Å². The summed E-state index contributed by atoms with van der Waals surface area (Å²) in [4.78, 5) is 5.01. The first-order chi connectivity index (χ1) is 9.96. The molecule has 0 spiro atoms. The first-order valence-corrected chi connectivity index (χ1v) is 9.30. The van der Waals surface area contributed by atoms with Crippen LogP contribution in [0.15, 0.2) is 34.8 Å². The van der Waals surface area contributed by atoms with Gasteiger partial charge in [-0.1, -0.05) is 0 Å². The fraction of sp³-hybridized carbons (Fsp3) is 0.357.